The molecule has 3 aromatic carbocycles. The summed E-state index contributed by atoms with van der Waals surface area (Å²) in [5, 5.41) is 2.78. The largest absolute Gasteiger partial charge is 0.455 e. The first-order valence-electron chi connectivity index (χ1n) is 12.1. The van der Waals surface area contributed by atoms with E-state index in [1.54, 1.807) is 18.2 Å². The number of benzene rings is 3. The zero-order valence-electron chi connectivity index (χ0n) is 20.2. The first-order chi connectivity index (χ1) is 16.9. The lowest BCUT2D eigenvalue weighted by Gasteiger charge is -2.29. The minimum atomic E-state index is -1.02. The highest BCUT2D eigenvalue weighted by molar-refractivity contribution is 5.94. The van der Waals surface area contributed by atoms with E-state index in [0.717, 1.165) is 24.2 Å². The monoisotopic (exact) mass is 474 g/mol. The molecule has 0 radical (unpaired) electrons. The highest BCUT2D eigenvalue weighted by Crippen LogP contribution is 2.43. The van der Waals surface area contributed by atoms with Gasteiger partial charge in [0, 0.05) is 28.7 Å². The van der Waals surface area contributed by atoms with Gasteiger partial charge in [-0.05, 0) is 69.2 Å². The van der Waals surface area contributed by atoms with Crippen molar-refractivity contribution in [3.05, 3.63) is 90.2 Å². The molecule has 1 aliphatic carbocycles. The molecule has 35 heavy (non-hydrogen) atoms. The lowest BCUT2D eigenvalue weighted by atomic mass is 9.78. The van der Waals surface area contributed by atoms with Gasteiger partial charge in [0.1, 0.15) is 5.82 Å². The molecule has 0 heterocycles. The lowest BCUT2D eigenvalue weighted by Crippen LogP contribution is -2.37. The third-order valence-electron chi connectivity index (χ3n) is 6.55. The predicted octanol–water partition coefficient (Wildman–Crippen LogP) is 6.37. The van der Waals surface area contributed by atoms with Crippen LogP contribution in [0.2, 0.25) is 0 Å². The van der Waals surface area contributed by atoms with E-state index < -0.39 is 29.7 Å². The minimum absolute atomic E-state index is 0.245. The van der Waals surface area contributed by atoms with Gasteiger partial charge in [-0.25, -0.2) is 4.39 Å². The number of carbonyl (C=O) groups excluding carboxylic acids is 2. The second-order valence-electron chi connectivity index (χ2n) is 9.24. The van der Waals surface area contributed by atoms with Gasteiger partial charge in [-0.1, -0.05) is 49.2 Å². The molecule has 1 aliphatic rings. The highest BCUT2D eigenvalue weighted by Gasteiger charge is 2.45. The average Bonchev–Trinajstić information content (AvgIpc) is 3.36. The molecular weight excluding hydrogens is 443 g/mol. The topological polar surface area (TPSA) is 58.6 Å². The number of nitrogens with zero attached hydrogens (tertiary/aromatic N) is 1. The number of anilines is 3. The number of nitrogens with one attached hydrogen (secondary N) is 1. The Hall–Kier alpha value is -3.67. The fourth-order valence-corrected chi connectivity index (χ4v) is 4.92. The van der Waals surface area contributed by atoms with Crippen LogP contribution in [0.25, 0.3) is 0 Å². The van der Waals surface area contributed by atoms with Gasteiger partial charge in [0.15, 0.2) is 6.61 Å². The molecule has 1 saturated carbocycles. The summed E-state index contributed by atoms with van der Waals surface area (Å²) < 4.78 is 19.9. The molecule has 5 nitrogen and oxygen atoms in total. The van der Waals surface area contributed by atoms with Crippen LogP contribution < -0.4 is 10.2 Å². The van der Waals surface area contributed by atoms with Crippen molar-refractivity contribution in [2.24, 2.45) is 0 Å². The average molecular weight is 475 g/mol. The summed E-state index contributed by atoms with van der Waals surface area (Å²) in [4.78, 5) is 27.7. The first-order valence-corrected chi connectivity index (χ1v) is 12.1. The minimum Gasteiger partial charge on any atom is -0.455 e. The van der Waals surface area contributed by atoms with E-state index in [2.05, 4.69) is 36.2 Å². The van der Waals surface area contributed by atoms with Crippen LogP contribution in [-0.2, 0) is 19.7 Å². The smallest absolute Gasteiger partial charge is 0.317 e. The summed E-state index contributed by atoms with van der Waals surface area (Å²) in [5.74, 6) is -1.39. The number of esters is 1. The zero-order chi connectivity index (χ0) is 24.8. The van der Waals surface area contributed by atoms with E-state index in [4.69, 9.17) is 4.74 Å². The van der Waals surface area contributed by atoms with Crippen LogP contribution in [0.5, 0.6) is 0 Å². The fraction of sp³-hybridized carbons (Fsp3) is 0.310. The quantitative estimate of drug-likeness (QED) is 0.386. The van der Waals surface area contributed by atoms with Crippen molar-refractivity contribution < 1.29 is 18.7 Å². The van der Waals surface area contributed by atoms with Crippen LogP contribution in [0.1, 0.15) is 45.1 Å². The molecule has 1 fully saturated rings. The van der Waals surface area contributed by atoms with Crippen LogP contribution >= 0.6 is 0 Å². The van der Waals surface area contributed by atoms with Crippen LogP contribution in [-0.4, -0.2) is 24.5 Å². The van der Waals surface area contributed by atoms with Crippen molar-refractivity contribution in [3.63, 3.8) is 0 Å². The summed E-state index contributed by atoms with van der Waals surface area (Å²) in [6, 6.07) is 24.2. The Balaban J connectivity index is 1.39. The maximum atomic E-state index is 14.5. The molecule has 0 spiro atoms. The Labute approximate surface area is 205 Å². The number of carbonyl (C=O) groups is 2. The lowest BCUT2D eigenvalue weighted by molar-refractivity contribution is -0.153. The Morgan fingerprint density at radius 2 is 1.51 bits per heavy atom. The summed E-state index contributed by atoms with van der Waals surface area (Å²) in [6.45, 7) is 3.82. The highest BCUT2D eigenvalue weighted by atomic mass is 19.1. The molecule has 1 N–H and O–H groups in total. The molecule has 0 saturated heterocycles. The van der Waals surface area contributed by atoms with Crippen molar-refractivity contribution >= 4 is 28.9 Å². The number of ether oxygens (including phenoxy) is 1. The summed E-state index contributed by atoms with van der Waals surface area (Å²) >= 11 is 0. The number of halogens is 1. The van der Waals surface area contributed by atoms with Crippen molar-refractivity contribution in [1.82, 2.24) is 0 Å². The van der Waals surface area contributed by atoms with Crippen LogP contribution in [0, 0.1) is 5.82 Å². The van der Waals surface area contributed by atoms with Crippen molar-refractivity contribution in [1.29, 1.82) is 0 Å². The number of para-hydroxylation sites is 1. The Bertz CT molecular complexity index is 1160. The molecule has 3 aromatic rings. The van der Waals surface area contributed by atoms with Gasteiger partial charge in [0.25, 0.3) is 5.91 Å². The normalized spacial score (nSPS) is 14.5. The summed E-state index contributed by atoms with van der Waals surface area (Å²) in [7, 11) is 0. The van der Waals surface area contributed by atoms with Gasteiger partial charge in [-0.2, -0.15) is 0 Å². The van der Waals surface area contributed by atoms with Gasteiger partial charge < -0.3 is 15.0 Å². The molecule has 0 atom stereocenters. The van der Waals surface area contributed by atoms with E-state index in [0.29, 0.717) is 24.1 Å². The maximum Gasteiger partial charge on any atom is 0.317 e. The molecule has 0 unspecified atom stereocenters. The van der Waals surface area contributed by atoms with E-state index in [1.165, 1.54) is 6.07 Å². The fourth-order valence-electron chi connectivity index (χ4n) is 4.92. The maximum absolute atomic E-state index is 14.5. The Morgan fingerprint density at radius 1 is 0.914 bits per heavy atom. The second kappa shape index (κ2) is 10.7. The van der Waals surface area contributed by atoms with Crippen LogP contribution in [0.15, 0.2) is 78.9 Å². The van der Waals surface area contributed by atoms with Crippen LogP contribution in [0.4, 0.5) is 21.5 Å². The summed E-state index contributed by atoms with van der Waals surface area (Å²) in [6.07, 6.45) is 2.67. The molecule has 0 bridgehead atoms. The predicted molar refractivity (Wildman–Crippen MR) is 136 cm³/mol. The molecule has 0 aromatic heterocycles. The molecule has 4 rings (SSSR count). The van der Waals surface area contributed by atoms with Gasteiger partial charge in [-0.15, -0.1) is 0 Å². The van der Waals surface area contributed by atoms with Crippen molar-refractivity contribution in [2.45, 2.75) is 51.0 Å². The van der Waals surface area contributed by atoms with Gasteiger partial charge >= 0.3 is 5.97 Å². The molecule has 182 valence electrons. The number of amides is 1. The number of hydrogen-bond acceptors (Lipinski definition) is 4. The first kappa shape index (κ1) is 24.5. The second-order valence-corrected chi connectivity index (χ2v) is 9.24. The Morgan fingerprint density at radius 3 is 2.14 bits per heavy atom. The van der Waals surface area contributed by atoms with E-state index >= 15 is 0 Å². The van der Waals surface area contributed by atoms with E-state index in [9.17, 15) is 14.0 Å². The summed E-state index contributed by atoms with van der Waals surface area (Å²) in [5.41, 5.74) is 2.03. The van der Waals surface area contributed by atoms with Gasteiger partial charge in [-0.3, -0.25) is 9.59 Å². The van der Waals surface area contributed by atoms with Crippen molar-refractivity contribution in [3.8, 4) is 0 Å². The Kier molecular flexibility index (Phi) is 7.49. The standard InChI is InChI=1S/C29H31FN2O3/c1-21(2)32(23-10-4-3-5-11-23)24-16-14-22(15-17-24)31-27(33)20-35-28(34)29(18-8-9-19-29)25-12-6-7-13-26(25)30/h3-7,10-17,21H,8-9,18-20H2,1-2H3,(H,31,33). The third-order valence-corrected chi connectivity index (χ3v) is 6.55. The third kappa shape index (κ3) is 5.37. The molecule has 1 amide bonds. The number of hydrogen-bond donors (Lipinski definition) is 1. The van der Waals surface area contributed by atoms with Crippen molar-refractivity contribution in [2.75, 3.05) is 16.8 Å². The van der Waals surface area contributed by atoms with Gasteiger partial charge in [0.2, 0.25) is 0 Å². The van der Waals surface area contributed by atoms with E-state index in [-0.39, 0.29) is 6.04 Å². The number of rotatable bonds is 8. The van der Waals surface area contributed by atoms with Crippen LogP contribution in [0.3, 0.4) is 0 Å². The SMILES string of the molecule is CC(C)N(c1ccccc1)c1ccc(NC(=O)COC(=O)C2(c3ccccc3F)CCCC2)cc1. The van der Waals surface area contributed by atoms with E-state index in [1.807, 2.05) is 42.5 Å². The molecule has 6 heteroatoms. The zero-order valence-corrected chi connectivity index (χ0v) is 20.2. The molecule has 0 aliphatic heterocycles. The molecular formula is C29H31FN2O3. The van der Waals surface area contributed by atoms with Gasteiger partial charge in [0.05, 0.1) is 5.41 Å².